The van der Waals surface area contributed by atoms with Crippen molar-refractivity contribution in [2.24, 2.45) is 0 Å². The van der Waals surface area contributed by atoms with Gasteiger partial charge in [0.15, 0.2) is 0 Å². The molecule has 39 heavy (non-hydrogen) atoms. The molecule has 198 valence electrons. The maximum Gasteiger partial charge on any atom is 0.337 e. The molecule has 9 nitrogen and oxygen atoms in total. The van der Waals surface area contributed by atoms with Crippen molar-refractivity contribution in [1.29, 1.82) is 5.26 Å². The van der Waals surface area contributed by atoms with E-state index in [0.717, 1.165) is 17.3 Å². The van der Waals surface area contributed by atoms with E-state index in [1.807, 2.05) is 30.3 Å². The van der Waals surface area contributed by atoms with Crippen LogP contribution in [0.15, 0.2) is 93.6 Å². The molecule has 1 aromatic heterocycles. The smallest absolute Gasteiger partial charge is 0.337 e. The molecule has 1 aliphatic rings. The van der Waals surface area contributed by atoms with Gasteiger partial charge in [-0.05, 0) is 48.9 Å². The van der Waals surface area contributed by atoms with Crippen LogP contribution >= 0.6 is 11.8 Å². The van der Waals surface area contributed by atoms with Gasteiger partial charge in [0.05, 0.1) is 52.5 Å². The Morgan fingerprint density at radius 1 is 1.03 bits per heavy atom. The summed E-state index contributed by atoms with van der Waals surface area (Å²) in [5, 5.41) is 19.3. The third kappa shape index (κ3) is 6.58. The molecule has 1 atom stereocenters. The molecule has 2 aromatic carbocycles. The standard InChI is InChI=1S/C29H26N4O5S/c1-3-37-29(36)26-25(23-10-7-15-38-23)22(16-30)28(33-27(26)19-8-5-4-6-9-19)39-17-24(35)32-21-13-11-20(12-14-21)31-18(2)34/h4-15,25,33H,3,17H2,1-2H3,(H,31,34)(H,32,35)/t25-/m0/s1. The summed E-state index contributed by atoms with van der Waals surface area (Å²) in [7, 11) is 0. The van der Waals surface area contributed by atoms with Crippen molar-refractivity contribution in [2.75, 3.05) is 23.0 Å². The Kier molecular flexibility index (Phi) is 8.86. The first kappa shape index (κ1) is 27.3. The van der Waals surface area contributed by atoms with Gasteiger partial charge >= 0.3 is 5.97 Å². The first-order chi connectivity index (χ1) is 18.9. The molecular formula is C29H26N4O5S. The van der Waals surface area contributed by atoms with E-state index in [-0.39, 0.29) is 35.3 Å². The van der Waals surface area contributed by atoms with Crippen LogP contribution in [-0.2, 0) is 19.1 Å². The minimum absolute atomic E-state index is 0.0113. The highest BCUT2D eigenvalue weighted by Gasteiger charge is 2.38. The predicted octanol–water partition coefficient (Wildman–Crippen LogP) is 5.01. The molecule has 0 fully saturated rings. The second-order valence-corrected chi connectivity index (χ2v) is 9.38. The average molecular weight is 543 g/mol. The van der Waals surface area contributed by atoms with Gasteiger partial charge < -0.3 is 25.1 Å². The number of benzene rings is 2. The Morgan fingerprint density at radius 3 is 2.31 bits per heavy atom. The van der Waals surface area contributed by atoms with E-state index >= 15 is 0 Å². The van der Waals surface area contributed by atoms with E-state index < -0.39 is 11.9 Å². The molecule has 0 saturated heterocycles. The van der Waals surface area contributed by atoms with Crippen molar-refractivity contribution in [3.63, 3.8) is 0 Å². The van der Waals surface area contributed by atoms with Gasteiger partial charge in [0.25, 0.3) is 0 Å². The summed E-state index contributed by atoms with van der Waals surface area (Å²) in [5.41, 5.74) is 2.87. The Balaban J connectivity index is 1.63. The monoisotopic (exact) mass is 542 g/mol. The number of anilines is 2. The number of carbonyl (C=O) groups is 3. The van der Waals surface area contributed by atoms with Gasteiger partial charge in [0.2, 0.25) is 11.8 Å². The number of hydrogen-bond donors (Lipinski definition) is 3. The molecule has 0 saturated carbocycles. The fraction of sp³-hybridized carbons (Fsp3) is 0.172. The Morgan fingerprint density at radius 2 is 1.72 bits per heavy atom. The van der Waals surface area contributed by atoms with Crippen LogP contribution < -0.4 is 16.0 Å². The molecule has 0 aliphatic carbocycles. The Bertz CT molecular complexity index is 1460. The zero-order valence-corrected chi connectivity index (χ0v) is 22.1. The van der Waals surface area contributed by atoms with Gasteiger partial charge in [-0.2, -0.15) is 5.26 Å². The Labute approximate surface area is 229 Å². The maximum atomic E-state index is 13.2. The van der Waals surface area contributed by atoms with Crippen molar-refractivity contribution in [3.05, 3.63) is 100 Å². The first-order valence-corrected chi connectivity index (χ1v) is 13.1. The highest BCUT2D eigenvalue weighted by atomic mass is 32.2. The quantitative estimate of drug-likeness (QED) is 0.322. The number of esters is 1. The van der Waals surface area contributed by atoms with Crippen LogP contribution in [-0.4, -0.2) is 30.1 Å². The maximum absolute atomic E-state index is 13.2. The lowest BCUT2D eigenvalue weighted by Crippen LogP contribution is -2.29. The number of allylic oxidation sites excluding steroid dienone is 1. The fourth-order valence-corrected chi connectivity index (χ4v) is 4.91. The van der Waals surface area contributed by atoms with E-state index in [4.69, 9.17) is 9.15 Å². The van der Waals surface area contributed by atoms with E-state index in [0.29, 0.717) is 27.9 Å². The number of nitrogens with zero attached hydrogens (tertiary/aromatic N) is 1. The van der Waals surface area contributed by atoms with Crippen LogP contribution in [0.4, 0.5) is 11.4 Å². The fourth-order valence-electron chi connectivity index (χ4n) is 4.07. The number of nitrogens with one attached hydrogen (secondary N) is 3. The predicted molar refractivity (Wildman–Crippen MR) is 149 cm³/mol. The van der Waals surface area contributed by atoms with Crippen molar-refractivity contribution in [1.82, 2.24) is 5.32 Å². The molecule has 2 heterocycles. The topological polar surface area (TPSA) is 133 Å². The minimum atomic E-state index is -0.826. The second-order valence-electron chi connectivity index (χ2n) is 8.40. The van der Waals surface area contributed by atoms with Crippen molar-refractivity contribution in [2.45, 2.75) is 19.8 Å². The normalized spacial score (nSPS) is 14.7. The van der Waals surface area contributed by atoms with E-state index in [1.54, 1.807) is 43.3 Å². The molecule has 10 heteroatoms. The summed E-state index contributed by atoms with van der Waals surface area (Å²) in [6.45, 7) is 3.29. The average Bonchev–Trinajstić information content (AvgIpc) is 3.47. The number of carbonyl (C=O) groups excluding carboxylic acids is 3. The summed E-state index contributed by atoms with van der Waals surface area (Å²) in [6.07, 6.45) is 1.48. The number of dihydropyridines is 1. The van der Waals surface area contributed by atoms with Gasteiger partial charge in [-0.25, -0.2) is 4.79 Å². The van der Waals surface area contributed by atoms with Crippen LogP contribution in [0.25, 0.3) is 5.70 Å². The van der Waals surface area contributed by atoms with Gasteiger partial charge in [0, 0.05) is 18.3 Å². The van der Waals surface area contributed by atoms with Gasteiger partial charge in [-0.1, -0.05) is 42.1 Å². The molecule has 3 aromatic rings. The van der Waals surface area contributed by atoms with Crippen LogP contribution in [0.1, 0.15) is 31.1 Å². The highest BCUT2D eigenvalue weighted by Crippen LogP contribution is 2.43. The van der Waals surface area contributed by atoms with Crippen molar-refractivity contribution >= 4 is 46.6 Å². The number of amides is 2. The summed E-state index contributed by atoms with van der Waals surface area (Å²) < 4.78 is 11.0. The Hall–Kier alpha value is -4.75. The van der Waals surface area contributed by atoms with E-state index in [9.17, 15) is 19.6 Å². The number of hydrogen-bond acceptors (Lipinski definition) is 8. The summed E-state index contributed by atoms with van der Waals surface area (Å²) in [6, 6.07) is 21.6. The number of ether oxygens (including phenoxy) is 1. The number of furan rings is 1. The number of thioether (sulfide) groups is 1. The second kappa shape index (κ2) is 12.7. The molecule has 0 radical (unpaired) electrons. The molecular weight excluding hydrogens is 516 g/mol. The minimum Gasteiger partial charge on any atom is -0.468 e. The van der Waals surface area contributed by atoms with Gasteiger partial charge in [0.1, 0.15) is 5.76 Å². The third-order valence-corrected chi connectivity index (χ3v) is 6.69. The van der Waals surface area contributed by atoms with E-state index in [2.05, 4.69) is 22.0 Å². The van der Waals surface area contributed by atoms with Crippen LogP contribution in [0.5, 0.6) is 0 Å². The summed E-state index contributed by atoms with van der Waals surface area (Å²) >= 11 is 1.14. The summed E-state index contributed by atoms with van der Waals surface area (Å²) in [4.78, 5) is 37.2. The third-order valence-electron chi connectivity index (χ3n) is 5.67. The van der Waals surface area contributed by atoms with Crippen molar-refractivity contribution in [3.8, 4) is 6.07 Å². The van der Waals surface area contributed by atoms with Gasteiger partial charge in [-0.3, -0.25) is 9.59 Å². The van der Waals surface area contributed by atoms with Crippen LogP contribution in [0, 0.1) is 11.3 Å². The first-order valence-electron chi connectivity index (χ1n) is 12.1. The molecule has 0 unspecified atom stereocenters. The van der Waals surface area contributed by atoms with Gasteiger partial charge in [-0.15, -0.1) is 0 Å². The molecule has 0 spiro atoms. The molecule has 0 bridgehead atoms. The molecule has 4 rings (SSSR count). The largest absolute Gasteiger partial charge is 0.468 e. The number of rotatable bonds is 9. The lowest BCUT2D eigenvalue weighted by Gasteiger charge is -2.29. The van der Waals surface area contributed by atoms with Crippen LogP contribution in [0.3, 0.4) is 0 Å². The number of nitriles is 1. The SMILES string of the molecule is CCOC(=O)C1=C(c2ccccc2)NC(SCC(=O)Nc2ccc(NC(C)=O)cc2)=C(C#N)[C@H]1c1ccco1. The molecule has 3 N–H and O–H groups in total. The molecule has 1 aliphatic heterocycles. The van der Waals surface area contributed by atoms with E-state index in [1.165, 1.54) is 13.2 Å². The highest BCUT2D eigenvalue weighted by molar-refractivity contribution is 8.03. The lowest BCUT2D eigenvalue weighted by molar-refractivity contribution is -0.138. The zero-order chi connectivity index (χ0) is 27.8. The molecule has 2 amide bonds. The van der Waals surface area contributed by atoms with Crippen molar-refractivity contribution < 1.29 is 23.5 Å². The van der Waals surface area contributed by atoms with Crippen LogP contribution in [0.2, 0.25) is 0 Å². The summed E-state index contributed by atoms with van der Waals surface area (Å²) in [5.74, 6) is -1.48. The lowest BCUT2D eigenvalue weighted by atomic mass is 9.84. The zero-order valence-electron chi connectivity index (χ0n) is 21.3.